The van der Waals surface area contributed by atoms with E-state index in [2.05, 4.69) is 14.9 Å². The van der Waals surface area contributed by atoms with Gasteiger partial charge in [-0.05, 0) is 31.2 Å². The lowest BCUT2D eigenvalue weighted by Gasteiger charge is -2.14. The van der Waals surface area contributed by atoms with Gasteiger partial charge in [-0.3, -0.25) is 4.98 Å². The fourth-order valence-electron chi connectivity index (χ4n) is 2.58. The van der Waals surface area contributed by atoms with E-state index in [1.165, 1.54) is 38.6 Å². The summed E-state index contributed by atoms with van der Waals surface area (Å²) in [7, 11) is -1.01. The highest BCUT2D eigenvalue weighted by atomic mass is 32.2. The minimum absolute atomic E-state index is 0.105. The summed E-state index contributed by atoms with van der Waals surface area (Å²) in [6.45, 7) is 2.25. The predicted octanol–water partition coefficient (Wildman–Crippen LogP) is 1.85. The topological polar surface area (TPSA) is 132 Å². The molecule has 1 heterocycles. The fourth-order valence-corrected chi connectivity index (χ4v) is 3.38. The number of benzene rings is 2. The van der Waals surface area contributed by atoms with E-state index in [0.717, 1.165) is 0 Å². The van der Waals surface area contributed by atoms with Crippen molar-refractivity contribution in [2.75, 3.05) is 20.8 Å². The average Bonchev–Trinajstić information content (AvgIpc) is 3.07. The third kappa shape index (κ3) is 4.35. The number of hydrazone groups is 1. The van der Waals surface area contributed by atoms with Crippen LogP contribution >= 0.6 is 0 Å². The van der Waals surface area contributed by atoms with Gasteiger partial charge in [-0.1, -0.05) is 0 Å². The molecule has 0 amide bonds. The monoisotopic (exact) mass is 421 g/mol. The SMILES string of the molecule is CCOc1c(OC)cc(/C=N/NS(=O)(=O)c2ccc3[nH]c(=O)oc3c2)cc1OC. The summed E-state index contributed by atoms with van der Waals surface area (Å²) in [6, 6.07) is 7.25. The molecular formula is C18H19N3O7S. The van der Waals surface area contributed by atoms with Gasteiger partial charge in [0.25, 0.3) is 10.0 Å². The molecule has 10 nitrogen and oxygen atoms in total. The molecule has 0 unspecified atom stereocenters. The first-order valence-electron chi connectivity index (χ1n) is 8.44. The number of fused-ring (bicyclic) bond motifs is 1. The van der Waals surface area contributed by atoms with Gasteiger partial charge in [0.2, 0.25) is 5.75 Å². The number of oxazole rings is 1. The summed E-state index contributed by atoms with van der Waals surface area (Å²) in [5, 5.41) is 3.79. The minimum atomic E-state index is -3.97. The predicted molar refractivity (Wildman–Crippen MR) is 105 cm³/mol. The maximum Gasteiger partial charge on any atom is 0.417 e. The number of rotatable bonds is 8. The Balaban J connectivity index is 1.84. The molecule has 0 spiro atoms. The fraction of sp³-hybridized carbons (Fsp3) is 0.222. The number of ether oxygens (including phenoxy) is 3. The molecule has 0 aliphatic carbocycles. The van der Waals surface area contributed by atoms with E-state index >= 15 is 0 Å². The summed E-state index contributed by atoms with van der Waals surface area (Å²) in [5.41, 5.74) is 1.05. The van der Waals surface area contributed by atoms with Crippen molar-refractivity contribution in [2.24, 2.45) is 5.10 Å². The van der Waals surface area contributed by atoms with Gasteiger partial charge in [-0.25, -0.2) is 9.63 Å². The highest BCUT2D eigenvalue weighted by Gasteiger charge is 2.16. The van der Waals surface area contributed by atoms with E-state index in [1.54, 1.807) is 12.1 Å². The van der Waals surface area contributed by atoms with Crippen molar-refractivity contribution in [1.29, 1.82) is 0 Å². The van der Waals surface area contributed by atoms with Crippen molar-refractivity contribution in [2.45, 2.75) is 11.8 Å². The molecule has 2 aromatic carbocycles. The summed E-state index contributed by atoms with van der Waals surface area (Å²) in [5.74, 6) is 0.613. The first-order chi connectivity index (χ1) is 13.9. The van der Waals surface area contributed by atoms with Crippen LogP contribution in [0.4, 0.5) is 0 Å². The van der Waals surface area contributed by atoms with E-state index in [0.29, 0.717) is 34.9 Å². The number of aromatic nitrogens is 1. The standard InChI is InChI=1S/C18H19N3O7S/c1-4-27-17-15(25-2)7-11(8-16(17)26-3)10-19-21-29(23,24)12-5-6-13-14(9-12)28-18(22)20-13/h5-10,21H,4H2,1-3H3,(H,20,22)/b19-10+. The molecule has 154 valence electrons. The Labute approximate surface area is 166 Å². The first kappa shape index (κ1) is 20.3. The highest BCUT2D eigenvalue weighted by Crippen LogP contribution is 2.38. The van der Waals surface area contributed by atoms with Crippen molar-refractivity contribution in [3.05, 3.63) is 46.4 Å². The molecule has 0 atom stereocenters. The molecule has 2 N–H and O–H groups in total. The number of hydrogen-bond acceptors (Lipinski definition) is 8. The van der Waals surface area contributed by atoms with Gasteiger partial charge < -0.3 is 18.6 Å². The van der Waals surface area contributed by atoms with Crippen LogP contribution in [-0.4, -0.2) is 40.4 Å². The van der Waals surface area contributed by atoms with E-state index in [1.807, 2.05) is 6.92 Å². The van der Waals surface area contributed by atoms with Crippen molar-refractivity contribution in [1.82, 2.24) is 9.82 Å². The molecule has 29 heavy (non-hydrogen) atoms. The third-order valence-corrected chi connectivity index (χ3v) is 5.08. The lowest BCUT2D eigenvalue weighted by molar-refractivity contribution is 0.288. The van der Waals surface area contributed by atoms with E-state index in [4.69, 9.17) is 18.6 Å². The highest BCUT2D eigenvalue weighted by molar-refractivity contribution is 7.89. The Morgan fingerprint density at radius 3 is 2.48 bits per heavy atom. The van der Waals surface area contributed by atoms with Gasteiger partial charge in [0, 0.05) is 11.6 Å². The number of sulfonamides is 1. The van der Waals surface area contributed by atoms with Crippen LogP contribution in [0, 0.1) is 0 Å². The van der Waals surface area contributed by atoms with Gasteiger partial charge in [-0.2, -0.15) is 13.5 Å². The average molecular weight is 421 g/mol. The van der Waals surface area contributed by atoms with E-state index in [-0.39, 0.29) is 10.5 Å². The lowest BCUT2D eigenvalue weighted by atomic mass is 10.2. The minimum Gasteiger partial charge on any atom is -0.493 e. The Morgan fingerprint density at radius 2 is 1.86 bits per heavy atom. The van der Waals surface area contributed by atoms with Crippen LogP contribution < -0.4 is 24.8 Å². The van der Waals surface area contributed by atoms with Crippen molar-refractivity contribution in [3.63, 3.8) is 0 Å². The number of nitrogens with zero attached hydrogens (tertiary/aromatic N) is 1. The molecule has 0 aliphatic rings. The molecule has 0 fully saturated rings. The second-order valence-corrected chi connectivity index (χ2v) is 7.37. The maximum atomic E-state index is 12.4. The Hall–Kier alpha value is -3.47. The molecular weight excluding hydrogens is 402 g/mol. The molecule has 3 aromatic rings. The molecule has 0 saturated heterocycles. The molecule has 0 saturated carbocycles. The third-order valence-electron chi connectivity index (χ3n) is 3.86. The Kier molecular flexibility index (Phi) is 5.78. The van der Waals surface area contributed by atoms with Crippen LogP contribution in [0.15, 0.2) is 49.5 Å². The van der Waals surface area contributed by atoms with Crippen LogP contribution in [0.3, 0.4) is 0 Å². The normalized spacial score (nSPS) is 11.7. The Morgan fingerprint density at radius 1 is 1.17 bits per heavy atom. The largest absolute Gasteiger partial charge is 0.493 e. The zero-order valence-electron chi connectivity index (χ0n) is 15.9. The van der Waals surface area contributed by atoms with Crippen LogP contribution in [-0.2, 0) is 10.0 Å². The molecule has 0 bridgehead atoms. The number of methoxy groups -OCH3 is 2. The molecule has 11 heteroatoms. The van der Waals surface area contributed by atoms with Gasteiger partial charge in [0.05, 0.1) is 37.5 Å². The summed E-state index contributed by atoms with van der Waals surface area (Å²) in [4.78, 5) is 15.6. The zero-order chi connectivity index (χ0) is 21.0. The van der Waals surface area contributed by atoms with Crippen LogP contribution in [0.25, 0.3) is 11.1 Å². The molecule has 0 aliphatic heterocycles. The summed E-state index contributed by atoms with van der Waals surface area (Å²) < 4.78 is 45.9. The van der Waals surface area contributed by atoms with E-state index in [9.17, 15) is 13.2 Å². The van der Waals surface area contributed by atoms with Crippen molar-refractivity contribution in [3.8, 4) is 17.2 Å². The number of H-pyrrole nitrogens is 1. The smallest absolute Gasteiger partial charge is 0.417 e. The molecule has 1 aromatic heterocycles. The Bertz CT molecular complexity index is 1190. The maximum absolute atomic E-state index is 12.4. The van der Waals surface area contributed by atoms with Crippen LogP contribution in [0.5, 0.6) is 17.2 Å². The lowest BCUT2D eigenvalue weighted by Crippen LogP contribution is -2.18. The van der Waals surface area contributed by atoms with Crippen LogP contribution in [0.2, 0.25) is 0 Å². The number of hydrogen-bond donors (Lipinski definition) is 2. The van der Waals surface area contributed by atoms with Gasteiger partial charge >= 0.3 is 5.76 Å². The van der Waals surface area contributed by atoms with Crippen LogP contribution in [0.1, 0.15) is 12.5 Å². The second-order valence-electron chi connectivity index (χ2n) is 5.71. The quantitative estimate of drug-likeness (QED) is 0.419. The number of aromatic amines is 1. The zero-order valence-corrected chi connectivity index (χ0v) is 16.7. The second kappa shape index (κ2) is 8.27. The first-order valence-corrected chi connectivity index (χ1v) is 9.92. The van der Waals surface area contributed by atoms with Gasteiger partial charge in [-0.15, -0.1) is 0 Å². The van der Waals surface area contributed by atoms with E-state index < -0.39 is 15.8 Å². The van der Waals surface area contributed by atoms with Crippen molar-refractivity contribution >= 4 is 27.3 Å². The number of nitrogens with one attached hydrogen (secondary N) is 2. The van der Waals surface area contributed by atoms with Gasteiger partial charge in [0.1, 0.15) is 0 Å². The van der Waals surface area contributed by atoms with Gasteiger partial charge in [0.15, 0.2) is 17.1 Å². The van der Waals surface area contributed by atoms with Crippen molar-refractivity contribution < 1.29 is 27.0 Å². The molecule has 3 rings (SSSR count). The summed E-state index contributed by atoms with van der Waals surface area (Å²) in [6.07, 6.45) is 1.30. The molecule has 0 radical (unpaired) electrons. The summed E-state index contributed by atoms with van der Waals surface area (Å²) >= 11 is 0.